The van der Waals surface area contributed by atoms with Crippen LogP contribution in [-0.2, 0) is 14.8 Å². The molecule has 2 rings (SSSR count). The van der Waals surface area contributed by atoms with E-state index in [9.17, 15) is 13.2 Å². The van der Waals surface area contributed by atoms with Crippen LogP contribution in [-0.4, -0.2) is 34.0 Å². The number of rotatable bonds is 8. The van der Waals surface area contributed by atoms with Crippen LogP contribution in [0.15, 0.2) is 41.3 Å². The number of methoxy groups -OCH3 is 1. The van der Waals surface area contributed by atoms with Crippen molar-refractivity contribution in [2.75, 3.05) is 18.0 Å². The van der Waals surface area contributed by atoms with Crippen molar-refractivity contribution in [3.63, 3.8) is 0 Å². The molecule has 0 radical (unpaired) electrons. The van der Waals surface area contributed by atoms with Crippen LogP contribution >= 0.6 is 0 Å². The van der Waals surface area contributed by atoms with E-state index in [0.717, 1.165) is 27.4 Å². The summed E-state index contributed by atoms with van der Waals surface area (Å²) < 4.78 is 33.7. The lowest BCUT2D eigenvalue weighted by Crippen LogP contribution is -2.43. The molecule has 7 heteroatoms. The van der Waals surface area contributed by atoms with E-state index in [1.54, 1.807) is 30.3 Å². The van der Waals surface area contributed by atoms with Gasteiger partial charge in [-0.2, -0.15) is 0 Å². The number of nitrogens with one attached hydrogen (secondary N) is 1. The van der Waals surface area contributed by atoms with Crippen LogP contribution in [0, 0.1) is 20.8 Å². The predicted octanol–water partition coefficient (Wildman–Crippen LogP) is 3.73. The minimum Gasteiger partial charge on any atom is -0.495 e. The van der Waals surface area contributed by atoms with Crippen molar-refractivity contribution in [2.45, 2.75) is 52.0 Å². The lowest BCUT2D eigenvalue weighted by atomic mass is 10.1. The second kappa shape index (κ2) is 9.31. The van der Waals surface area contributed by atoms with E-state index in [4.69, 9.17) is 4.74 Å². The molecule has 0 aliphatic carbocycles. The molecule has 158 valence electrons. The molecule has 0 fully saturated rings. The minimum atomic E-state index is -4.04. The maximum absolute atomic E-state index is 13.6. The van der Waals surface area contributed by atoms with Gasteiger partial charge in [0.15, 0.2) is 0 Å². The zero-order chi connectivity index (χ0) is 21.8. The Morgan fingerprint density at radius 2 is 1.69 bits per heavy atom. The summed E-state index contributed by atoms with van der Waals surface area (Å²) in [6.45, 7) is 9.14. The van der Waals surface area contributed by atoms with E-state index in [-0.39, 0.29) is 29.1 Å². The number of carbonyl (C=O) groups excluding carboxylic acids is 1. The number of carbonyl (C=O) groups is 1. The number of benzene rings is 2. The molecule has 2 aromatic carbocycles. The second-order valence-corrected chi connectivity index (χ2v) is 9.22. The first-order valence-corrected chi connectivity index (χ1v) is 11.1. The van der Waals surface area contributed by atoms with Gasteiger partial charge in [0.1, 0.15) is 17.2 Å². The van der Waals surface area contributed by atoms with Gasteiger partial charge in [-0.1, -0.05) is 19.1 Å². The molecule has 0 bridgehead atoms. The van der Waals surface area contributed by atoms with E-state index < -0.39 is 10.0 Å². The van der Waals surface area contributed by atoms with Crippen LogP contribution < -0.4 is 14.4 Å². The first-order valence-electron chi connectivity index (χ1n) is 9.63. The van der Waals surface area contributed by atoms with Crippen molar-refractivity contribution in [3.05, 3.63) is 53.1 Å². The maximum atomic E-state index is 13.6. The number of sulfonamides is 1. The van der Waals surface area contributed by atoms with Crippen molar-refractivity contribution in [1.29, 1.82) is 0 Å². The van der Waals surface area contributed by atoms with Crippen LogP contribution in [0.3, 0.4) is 0 Å². The Hall–Kier alpha value is -2.54. The highest BCUT2D eigenvalue weighted by atomic mass is 32.2. The number of aryl methyl sites for hydroxylation is 3. The highest BCUT2D eigenvalue weighted by Crippen LogP contribution is 2.31. The number of ether oxygens (including phenoxy) is 1. The zero-order valence-corrected chi connectivity index (χ0v) is 18.8. The van der Waals surface area contributed by atoms with Crippen molar-refractivity contribution in [3.8, 4) is 5.75 Å². The Morgan fingerprint density at radius 1 is 1.07 bits per heavy atom. The molecule has 29 heavy (non-hydrogen) atoms. The van der Waals surface area contributed by atoms with E-state index in [1.807, 2.05) is 40.7 Å². The molecule has 6 nitrogen and oxygen atoms in total. The molecular weight excluding hydrogens is 388 g/mol. The summed E-state index contributed by atoms with van der Waals surface area (Å²) in [5.74, 6) is -0.110. The van der Waals surface area contributed by atoms with Gasteiger partial charge in [0.2, 0.25) is 5.91 Å². The molecule has 0 saturated carbocycles. The van der Waals surface area contributed by atoms with Gasteiger partial charge in [-0.25, -0.2) is 8.42 Å². The number of hydrogen-bond acceptors (Lipinski definition) is 4. The van der Waals surface area contributed by atoms with Gasteiger partial charge >= 0.3 is 0 Å². The van der Waals surface area contributed by atoms with Gasteiger partial charge in [-0.15, -0.1) is 0 Å². The second-order valence-electron chi connectivity index (χ2n) is 7.39. The van der Waals surface area contributed by atoms with Gasteiger partial charge in [0.05, 0.1) is 12.8 Å². The molecular formula is C22H30N2O4S. The quantitative estimate of drug-likeness (QED) is 0.709. The van der Waals surface area contributed by atoms with Gasteiger partial charge in [0.25, 0.3) is 10.0 Å². The zero-order valence-electron chi connectivity index (χ0n) is 17.9. The van der Waals surface area contributed by atoms with E-state index in [2.05, 4.69) is 5.32 Å². The van der Waals surface area contributed by atoms with Crippen LogP contribution in [0.4, 0.5) is 5.69 Å². The monoisotopic (exact) mass is 418 g/mol. The number of nitrogens with zero attached hydrogens (tertiary/aromatic N) is 1. The molecule has 1 atom stereocenters. The number of hydrogen-bond donors (Lipinski definition) is 1. The Labute approximate surface area is 173 Å². The summed E-state index contributed by atoms with van der Waals surface area (Å²) in [6.07, 6.45) is 0.758. The van der Waals surface area contributed by atoms with Crippen LogP contribution in [0.25, 0.3) is 0 Å². The molecule has 1 amide bonds. The molecule has 0 aliphatic heterocycles. The molecule has 0 aromatic heterocycles. The molecule has 0 spiro atoms. The summed E-state index contributed by atoms with van der Waals surface area (Å²) >= 11 is 0. The fraction of sp³-hybridized carbons (Fsp3) is 0.409. The van der Waals surface area contributed by atoms with Crippen molar-refractivity contribution >= 4 is 21.6 Å². The third-order valence-corrected chi connectivity index (χ3v) is 6.48. The fourth-order valence-electron chi connectivity index (χ4n) is 3.07. The maximum Gasteiger partial charge on any atom is 0.268 e. The summed E-state index contributed by atoms with van der Waals surface area (Å²) in [5.41, 5.74) is 3.07. The lowest BCUT2D eigenvalue weighted by molar-refractivity contribution is -0.120. The van der Waals surface area contributed by atoms with Crippen LogP contribution in [0.1, 0.15) is 37.0 Å². The third-order valence-electron chi connectivity index (χ3n) is 4.69. The normalized spacial score (nSPS) is 12.3. The first-order chi connectivity index (χ1) is 13.6. The van der Waals surface area contributed by atoms with Crippen LogP contribution in [0.2, 0.25) is 0 Å². The summed E-state index contributed by atoms with van der Waals surface area (Å²) in [5, 5.41) is 2.85. The SMILES string of the molecule is CC[C@@H](C)NC(=O)CN(c1cc(C)cc(C)c1)S(=O)(=O)c1cc(C)ccc1OC. The summed E-state index contributed by atoms with van der Waals surface area (Å²) in [6, 6.07) is 10.4. The first kappa shape index (κ1) is 22.7. The minimum absolute atomic E-state index is 0.0375. The van der Waals surface area contributed by atoms with E-state index in [1.165, 1.54) is 7.11 Å². The number of anilines is 1. The van der Waals surface area contributed by atoms with Crippen molar-refractivity contribution in [1.82, 2.24) is 5.32 Å². The topological polar surface area (TPSA) is 75.7 Å². The molecule has 2 aromatic rings. The van der Waals surface area contributed by atoms with E-state index >= 15 is 0 Å². The van der Waals surface area contributed by atoms with Gasteiger partial charge < -0.3 is 10.1 Å². The van der Waals surface area contributed by atoms with Crippen molar-refractivity contribution < 1.29 is 17.9 Å². The smallest absolute Gasteiger partial charge is 0.268 e. The van der Waals surface area contributed by atoms with Crippen molar-refractivity contribution in [2.24, 2.45) is 0 Å². The third kappa shape index (κ3) is 5.50. The average Bonchev–Trinajstić information content (AvgIpc) is 2.65. The summed E-state index contributed by atoms with van der Waals surface area (Å²) in [7, 11) is -2.61. The molecule has 0 heterocycles. The fourth-order valence-corrected chi connectivity index (χ4v) is 4.71. The lowest BCUT2D eigenvalue weighted by Gasteiger charge is -2.26. The Balaban J connectivity index is 2.59. The van der Waals surface area contributed by atoms with Gasteiger partial charge in [-0.3, -0.25) is 9.10 Å². The van der Waals surface area contributed by atoms with Crippen LogP contribution in [0.5, 0.6) is 5.75 Å². The van der Waals surface area contributed by atoms with Gasteiger partial charge in [-0.05, 0) is 75.1 Å². The highest BCUT2D eigenvalue weighted by Gasteiger charge is 2.30. The Kier molecular flexibility index (Phi) is 7.30. The number of amides is 1. The summed E-state index contributed by atoms with van der Waals surface area (Å²) in [4.78, 5) is 12.7. The predicted molar refractivity (Wildman–Crippen MR) is 116 cm³/mol. The Bertz CT molecular complexity index is 966. The Morgan fingerprint density at radius 3 is 2.24 bits per heavy atom. The average molecular weight is 419 g/mol. The largest absolute Gasteiger partial charge is 0.495 e. The molecule has 1 N–H and O–H groups in total. The molecule has 0 saturated heterocycles. The van der Waals surface area contributed by atoms with Gasteiger partial charge in [0, 0.05) is 6.04 Å². The van der Waals surface area contributed by atoms with E-state index in [0.29, 0.717) is 5.69 Å². The highest BCUT2D eigenvalue weighted by molar-refractivity contribution is 7.93. The standard InChI is InChI=1S/C22H30N2O4S/c1-7-18(5)23-22(25)14-24(19-11-16(3)10-17(4)12-19)29(26,27)21-13-15(2)8-9-20(21)28-6/h8-13,18H,7,14H2,1-6H3,(H,23,25)/t18-/m1/s1. The molecule has 0 aliphatic rings. The molecule has 0 unspecified atom stereocenters.